The van der Waals surface area contributed by atoms with E-state index >= 15 is 0 Å². The van der Waals surface area contributed by atoms with Crippen LogP contribution in [0.5, 0.6) is 0 Å². The summed E-state index contributed by atoms with van der Waals surface area (Å²) in [6.45, 7) is 3.28. The molecule has 0 saturated carbocycles. The van der Waals surface area contributed by atoms with Gasteiger partial charge in [-0.25, -0.2) is 4.79 Å². The molecule has 1 aromatic heterocycles. The highest BCUT2D eigenvalue weighted by Crippen LogP contribution is 2.36. The Bertz CT molecular complexity index is 1640. The minimum absolute atomic E-state index is 0.367. The second kappa shape index (κ2) is 13.2. The van der Waals surface area contributed by atoms with Gasteiger partial charge in [-0.1, -0.05) is 35.3 Å². The highest BCUT2D eigenvalue weighted by Gasteiger charge is 2.38. The number of alkyl halides is 3. The molecule has 2 aliphatic rings. The van der Waals surface area contributed by atoms with Crippen LogP contribution >= 0.6 is 35.0 Å². The molecule has 3 heterocycles. The molecule has 2 amide bonds. The molecule has 43 heavy (non-hydrogen) atoms. The lowest BCUT2D eigenvalue weighted by Gasteiger charge is -2.35. The van der Waals surface area contributed by atoms with Gasteiger partial charge in [-0.05, 0) is 54.7 Å². The van der Waals surface area contributed by atoms with Crippen molar-refractivity contribution in [1.82, 2.24) is 9.88 Å². The van der Waals surface area contributed by atoms with E-state index in [1.54, 1.807) is 30.5 Å². The van der Waals surface area contributed by atoms with Crippen LogP contribution in [-0.2, 0) is 9.59 Å². The third-order valence-corrected chi connectivity index (χ3v) is 7.83. The number of nitrogens with zero attached hydrogens (tertiary/aromatic N) is 4. The van der Waals surface area contributed by atoms with E-state index < -0.39 is 18.1 Å². The average molecular weight is 655 g/mol. The van der Waals surface area contributed by atoms with Crippen molar-refractivity contribution in [2.45, 2.75) is 6.18 Å². The van der Waals surface area contributed by atoms with E-state index in [0.29, 0.717) is 31.4 Å². The highest BCUT2D eigenvalue weighted by molar-refractivity contribution is 8.18. The number of likely N-dealkylation sites (N-methyl/N-ethyl adjacent to an activating group) is 1. The number of carboxylic acid groups (broad SMARTS) is 1. The molecular formula is C27H23Cl2F3N6O4S. The number of primary amides is 1. The van der Waals surface area contributed by atoms with Crippen molar-refractivity contribution >= 4 is 86.3 Å². The molecule has 1 fully saturated rings. The molecule has 226 valence electrons. The number of amides is 2. The Hall–Kier alpha value is -3.85. The van der Waals surface area contributed by atoms with E-state index in [9.17, 15) is 22.8 Å². The predicted octanol–water partition coefficient (Wildman–Crippen LogP) is 5.11. The Morgan fingerprint density at radius 1 is 1.12 bits per heavy atom. The van der Waals surface area contributed by atoms with Gasteiger partial charge >= 0.3 is 12.1 Å². The first-order chi connectivity index (χ1) is 20.2. The Morgan fingerprint density at radius 2 is 1.74 bits per heavy atom. The summed E-state index contributed by atoms with van der Waals surface area (Å²) in [4.78, 5) is 47.2. The van der Waals surface area contributed by atoms with Gasteiger partial charge in [0.1, 0.15) is 0 Å². The highest BCUT2D eigenvalue weighted by atomic mass is 35.5. The number of amidine groups is 1. The van der Waals surface area contributed by atoms with Gasteiger partial charge in [-0.3, -0.25) is 14.6 Å². The second-order valence-corrected chi connectivity index (χ2v) is 11.2. The molecule has 10 nitrogen and oxygen atoms in total. The van der Waals surface area contributed by atoms with Crippen molar-refractivity contribution in [2.75, 3.05) is 43.4 Å². The minimum atomic E-state index is -5.08. The molecule has 2 aromatic carbocycles. The lowest BCUT2D eigenvalue weighted by atomic mass is 10.0. The summed E-state index contributed by atoms with van der Waals surface area (Å²) in [5.74, 6) is -3.65. The molecule has 0 aliphatic carbocycles. The Morgan fingerprint density at radius 3 is 2.33 bits per heavy atom. The first-order valence-electron chi connectivity index (χ1n) is 12.4. The van der Waals surface area contributed by atoms with E-state index in [1.807, 2.05) is 18.2 Å². The number of pyridine rings is 1. The van der Waals surface area contributed by atoms with Crippen molar-refractivity contribution < 1.29 is 32.7 Å². The number of nitrogens with two attached hydrogens (primary N) is 1. The number of hydrogen-bond donors (Lipinski definition) is 3. The van der Waals surface area contributed by atoms with Crippen molar-refractivity contribution in [3.05, 3.63) is 68.7 Å². The zero-order valence-electron chi connectivity index (χ0n) is 22.3. The van der Waals surface area contributed by atoms with Gasteiger partial charge in [0.25, 0.3) is 11.8 Å². The summed E-state index contributed by atoms with van der Waals surface area (Å²) in [5, 5.41) is 12.2. The maximum absolute atomic E-state index is 12.6. The molecule has 5 rings (SSSR count). The van der Waals surface area contributed by atoms with E-state index in [1.165, 1.54) is 11.8 Å². The summed E-state index contributed by atoms with van der Waals surface area (Å²) >= 11 is 13.7. The second-order valence-electron chi connectivity index (χ2n) is 9.31. The number of hydrogen-bond acceptors (Lipinski definition) is 8. The predicted molar refractivity (Wildman–Crippen MR) is 162 cm³/mol. The summed E-state index contributed by atoms with van der Waals surface area (Å²) in [6, 6.07) is 10.8. The van der Waals surface area contributed by atoms with Crippen molar-refractivity contribution in [3.8, 4) is 0 Å². The summed E-state index contributed by atoms with van der Waals surface area (Å²) in [6.07, 6.45) is -1.78. The molecule has 16 heteroatoms. The Kier molecular flexibility index (Phi) is 9.85. The number of carbonyl (C=O) groups excluding carboxylic acids is 2. The standard InChI is InChI=1S/C25H22Cl2N6O2S.C2HF3O2/c1-32-7-9-33(10-8-32)22-15-11-14(5-6-19(15)29-13-16(22)23(28)34)12-20-24(35)31-25(36-20)30-21-17(26)3-2-4-18(21)27;3-2(4,5)1(6)7/h2-6,11-13H,7-10H2,1H3,(H2,28,34)(H,30,31,35);(H,6,7). The fraction of sp³-hybridized carbons (Fsp3) is 0.222. The monoisotopic (exact) mass is 654 g/mol. The first kappa shape index (κ1) is 32.1. The van der Waals surface area contributed by atoms with E-state index in [4.69, 9.17) is 38.8 Å². The number of para-hydroxylation sites is 1. The van der Waals surface area contributed by atoms with Crippen molar-refractivity contribution in [1.29, 1.82) is 0 Å². The van der Waals surface area contributed by atoms with Crippen LogP contribution in [0.1, 0.15) is 15.9 Å². The normalized spacial score (nSPS) is 16.6. The van der Waals surface area contributed by atoms with Crippen LogP contribution in [-0.4, -0.2) is 77.3 Å². The number of thioether (sulfide) groups is 1. The molecule has 1 saturated heterocycles. The van der Waals surface area contributed by atoms with Gasteiger partial charge in [0.15, 0.2) is 5.17 Å². The molecule has 0 spiro atoms. The van der Waals surface area contributed by atoms with Gasteiger partial charge in [0, 0.05) is 37.8 Å². The number of aromatic nitrogens is 1. The molecule has 4 N–H and O–H groups in total. The van der Waals surface area contributed by atoms with E-state index in [-0.39, 0.29) is 5.91 Å². The maximum atomic E-state index is 12.6. The number of fused-ring (bicyclic) bond motifs is 1. The third kappa shape index (κ3) is 7.76. The van der Waals surface area contributed by atoms with Gasteiger partial charge in [-0.15, -0.1) is 0 Å². The van der Waals surface area contributed by atoms with Gasteiger partial charge < -0.3 is 26.0 Å². The molecule has 0 unspecified atom stereocenters. The van der Waals surface area contributed by atoms with Crippen molar-refractivity contribution in [2.24, 2.45) is 10.7 Å². The van der Waals surface area contributed by atoms with Crippen molar-refractivity contribution in [3.63, 3.8) is 0 Å². The zero-order valence-corrected chi connectivity index (χ0v) is 24.6. The smallest absolute Gasteiger partial charge is 0.475 e. The van der Waals surface area contributed by atoms with Crippen LogP contribution < -0.4 is 16.0 Å². The number of anilines is 2. The van der Waals surface area contributed by atoms with Crippen LogP contribution in [0.2, 0.25) is 10.0 Å². The SMILES string of the molecule is CN1CCN(c2c(C(N)=O)cnc3ccc(C=C4SC(Nc5c(Cl)cccc5Cl)=NC4=O)cc23)CC1.O=C(O)C(F)(F)F. The number of aliphatic imine (C=N–C) groups is 1. The molecule has 0 atom stereocenters. The molecule has 0 radical (unpaired) electrons. The topological polar surface area (TPSA) is 141 Å². The largest absolute Gasteiger partial charge is 0.490 e. The lowest BCUT2D eigenvalue weighted by molar-refractivity contribution is -0.192. The number of rotatable bonds is 4. The number of carbonyl (C=O) groups is 3. The van der Waals surface area contributed by atoms with Crippen LogP contribution in [0.25, 0.3) is 17.0 Å². The third-order valence-electron chi connectivity index (χ3n) is 6.30. The first-order valence-corrected chi connectivity index (χ1v) is 14.0. The minimum Gasteiger partial charge on any atom is -0.475 e. The summed E-state index contributed by atoms with van der Waals surface area (Å²) < 4.78 is 31.7. The zero-order chi connectivity index (χ0) is 31.5. The fourth-order valence-corrected chi connectivity index (χ4v) is 5.49. The average Bonchev–Trinajstić information content (AvgIpc) is 3.28. The van der Waals surface area contributed by atoms with E-state index in [0.717, 1.165) is 48.3 Å². The van der Waals surface area contributed by atoms with Gasteiger partial charge in [0.2, 0.25) is 0 Å². The van der Waals surface area contributed by atoms with Crippen LogP contribution in [0.15, 0.2) is 52.5 Å². The number of piperazine rings is 1. The molecule has 3 aromatic rings. The molecular weight excluding hydrogens is 632 g/mol. The number of aliphatic carboxylic acids is 1. The number of nitrogens with one attached hydrogen (secondary N) is 1. The summed E-state index contributed by atoms with van der Waals surface area (Å²) in [5.41, 5.74) is 8.89. The van der Waals surface area contributed by atoms with E-state index in [2.05, 4.69) is 32.1 Å². The lowest BCUT2D eigenvalue weighted by Crippen LogP contribution is -2.45. The Balaban J connectivity index is 0.000000541. The molecule has 0 bridgehead atoms. The fourth-order valence-electron chi connectivity index (χ4n) is 4.18. The maximum Gasteiger partial charge on any atom is 0.490 e. The quantitative estimate of drug-likeness (QED) is 0.327. The summed E-state index contributed by atoms with van der Waals surface area (Å²) in [7, 11) is 2.07. The number of benzene rings is 2. The van der Waals surface area contributed by atoms with Gasteiger partial charge in [-0.2, -0.15) is 18.2 Å². The number of carboxylic acids is 1. The van der Waals surface area contributed by atoms with Crippen LogP contribution in [0, 0.1) is 0 Å². The van der Waals surface area contributed by atoms with Crippen LogP contribution in [0.4, 0.5) is 24.5 Å². The number of halogens is 5. The van der Waals surface area contributed by atoms with Crippen LogP contribution in [0.3, 0.4) is 0 Å². The van der Waals surface area contributed by atoms with Gasteiger partial charge in [0.05, 0.1) is 37.4 Å². The molecule has 2 aliphatic heterocycles. The Labute approximate surface area is 257 Å².